The maximum atomic E-state index is 13.3. The van der Waals surface area contributed by atoms with E-state index in [1.807, 2.05) is 36.4 Å². The number of hydrogen-bond donors (Lipinski definition) is 3. The first-order valence-electron chi connectivity index (χ1n) is 12.0. The molecule has 3 N–H and O–H groups in total. The molecule has 5 rings (SSSR count). The predicted octanol–water partition coefficient (Wildman–Crippen LogP) is 6.56. The van der Waals surface area contributed by atoms with Gasteiger partial charge in [-0.2, -0.15) is 0 Å². The summed E-state index contributed by atoms with van der Waals surface area (Å²) in [5.41, 5.74) is 1.62. The molecule has 0 aliphatic heterocycles. The average molecular weight is 538 g/mol. The second-order valence-corrected chi connectivity index (χ2v) is 9.90. The molecule has 0 saturated heterocycles. The van der Waals surface area contributed by atoms with Crippen molar-refractivity contribution in [2.24, 2.45) is 0 Å². The Balaban J connectivity index is 1.40. The highest BCUT2D eigenvalue weighted by Gasteiger charge is 2.24. The Bertz CT molecular complexity index is 1680. The zero-order chi connectivity index (χ0) is 27.4. The number of thioether (sulfide) groups is 1. The number of amides is 2. The highest BCUT2D eigenvalue weighted by Crippen LogP contribution is 2.37. The van der Waals surface area contributed by atoms with E-state index >= 15 is 0 Å². The number of hydrogen-bond acceptors (Lipinski definition) is 6. The Morgan fingerprint density at radius 1 is 0.846 bits per heavy atom. The molecule has 1 heterocycles. The highest BCUT2D eigenvalue weighted by molar-refractivity contribution is 8.00. The Hall–Kier alpha value is -4.89. The molecule has 4 aromatic carbocycles. The topological polar surface area (TPSA) is 122 Å². The van der Waals surface area contributed by atoms with Crippen molar-refractivity contribution in [2.75, 3.05) is 10.6 Å². The van der Waals surface area contributed by atoms with Crippen LogP contribution in [-0.4, -0.2) is 28.0 Å². The fraction of sp³-hybridized carbons (Fsp3) is 0.0667. The molecule has 1 atom stereocenters. The van der Waals surface area contributed by atoms with Crippen LogP contribution in [0.1, 0.15) is 37.3 Å². The second kappa shape index (κ2) is 11.2. The summed E-state index contributed by atoms with van der Waals surface area (Å²) >= 11 is 1.32. The number of anilines is 2. The first-order valence-corrected chi connectivity index (χ1v) is 12.9. The molecule has 0 aliphatic rings. The zero-order valence-corrected chi connectivity index (χ0v) is 21.6. The van der Waals surface area contributed by atoms with Crippen molar-refractivity contribution in [3.8, 4) is 0 Å². The van der Waals surface area contributed by atoms with Gasteiger partial charge in [-0.05, 0) is 48.2 Å². The number of carboxylic acids is 1. The molecule has 0 spiro atoms. The van der Waals surface area contributed by atoms with E-state index in [9.17, 15) is 19.5 Å². The highest BCUT2D eigenvalue weighted by atomic mass is 32.2. The van der Waals surface area contributed by atoms with Gasteiger partial charge in [-0.1, -0.05) is 65.8 Å². The molecular weight excluding hydrogens is 514 g/mol. The van der Waals surface area contributed by atoms with Crippen molar-refractivity contribution in [1.82, 2.24) is 5.16 Å². The number of carboxylic acid groups (broad SMARTS) is 1. The molecule has 0 radical (unpaired) electrons. The summed E-state index contributed by atoms with van der Waals surface area (Å²) in [6.07, 6.45) is 0. The fourth-order valence-corrected chi connectivity index (χ4v) is 5.29. The van der Waals surface area contributed by atoms with Crippen molar-refractivity contribution in [1.29, 1.82) is 0 Å². The number of nitrogens with zero attached hydrogens (tertiary/aromatic N) is 1. The molecule has 0 bridgehead atoms. The van der Waals surface area contributed by atoms with E-state index in [1.54, 1.807) is 61.5 Å². The molecule has 0 fully saturated rings. The van der Waals surface area contributed by atoms with Gasteiger partial charge in [0.15, 0.2) is 5.82 Å². The van der Waals surface area contributed by atoms with E-state index in [4.69, 9.17) is 4.52 Å². The summed E-state index contributed by atoms with van der Waals surface area (Å²) in [7, 11) is 0. The number of nitrogens with one attached hydrogen (secondary N) is 2. The van der Waals surface area contributed by atoms with Crippen LogP contribution in [0.5, 0.6) is 0 Å². The number of rotatable bonds is 8. The Morgan fingerprint density at radius 3 is 2.26 bits per heavy atom. The minimum atomic E-state index is -1.11. The largest absolute Gasteiger partial charge is 0.478 e. The number of aryl methyl sites for hydroxylation is 1. The molecular formula is C30H23N3O5S. The summed E-state index contributed by atoms with van der Waals surface area (Å²) in [6.45, 7) is 1.74. The molecule has 194 valence electrons. The molecule has 1 unspecified atom stereocenters. The number of aromatic carboxylic acids is 1. The summed E-state index contributed by atoms with van der Waals surface area (Å²) in [6, 6.07) is 28.1. The first-order chi connectivity index (χ1) is 18.9. The van der Waals surface area contributed by atoms with Crippen LogP contribution in [0, 0.1) is 6.92 Å². The van der Waals surface area contributed by atoms with Crippen molar-refractivity contribution in [2.45, 2.75) is 17.1 Å². The van der Waals surface area contributed by atoms with Gasteiger partial charge in [-0.3, -0.25) is 9.59 Å². The van der Waals surface area contributed by atoms with Crippen LogP contribution in [-0.2, 0) is 4.79 Å². The number of fused-ring (bicyclic) bond motifs is 1. The zero-order valence-electron chi connectivity index (χ0n) is 20.8. The van der Waals surface area contributed by atoms with Crippen LogP contribution in [0.25, 0.3) is 10.8 Å². The van der Waals surface area contributed by atoms with Gasteiger partial charge < -0.3 is 20.3 Å². The van der Waals surface area contributed by atoms with E-state index in [2.05, 4.69) is 15.8 Å². The van der Waals surface area contributed by atoms with Crippen molar-refractivity contribution in [3.63, 3.8) is 0 Å². The van der Waals surface area contributed by atoms with Crippen LogP contribution < -0.4 is 10.6 Å². The van der Waals surface area contributed by atoms with E-state index in [0.717, 1.165) is 10.5 Å². The van der Waals surface area contributed by atoms with Gasteiger partial charge in [0.1, 0.15) is 11.0 Å². The van der Waals surface area contributed by atoms with Gasteiger partial charge in [0.2, 0.25) is 5.91 Å². The first kappa shape index (κ1) is 25.7. The number of aromatic nitrogens is 1. The van der Waals surface area contributed by atoms with Crippen LogP contribution in [0.2, 0.25) is 0 Å². The SMILES string of the molecule is Cc1cc(NC(=O)C(Sc2cccc(NC(=O)c3cccc4cccc(C(=O)O)c34)c2)c2ccccc2)no1. The van der Waals surface area contributed by atoms with E-state index in [0.29, 0.717) is 28.0 Å². The number of benzene rings is 4. The summed E-state index contributed by atoms with van der Waals surface area (Å²) in [5.74, 6) is -0.901. The van der Waals surface area contributed by atoms with E-state index in [1.165, 1.54) is 17.8 Å². The fourth-order valence-electron chi connectivity index (χ4n) is 4.21. The third-order valence-corrected chi connectivity index (χ3v) is 7.19. The maximum absolute atomic E-state index is 13.3. The van der Waals surface area contributed by atoms with Gasteiger partial charge in [-0.15, -0.1) is 11.8 Å². The number of carbonyl (C=O) groups excluding carboxylic acids is 2. The summed E-state index contributed by atoms with van der Waals surface area (Å²) in [5, 5.41) is 19.6. The van der Waals surface area contributed by atoms with Crippen LogP contribution in [0.3, 0.4) is 0 Å². The minimum Gasteiger partial charge on any atom is -0.478 e. The third-order valence-electron chi connectivity index (χ3n) is 5.95. The standard InChI is InChI=1S/C30H23N3O5S/c1-18-16-25(33-38-18)32-29(35)27(20-8-3-2-4-9-20)39-22-13-7-12-21(17-22)31-28(34)23-14-5-10-19-11-6-15-24(26(19)23)30(36)37/h2-17,27H,1H3,(H,31,34)(H,36,37)(H,32,33,35). The molecule has 0 saturated carbocycles. The van der Waals surface area contributed by atoms with Gasteiger partial charge in [0.05, 0.1) is 5.56 Å². The lowest BCUT2D eigenvalue weighted by atomic mass is 9.98. The molecule has 1 aromatic heterocycles. The third kappa shape index (κ3) is 5.83. The Morgan fingerprint density at radius 2 is 1.56 bits per heavy atom. The van der Waals surface area contributed by atoms with Crippen molar-refractivity contribution in [3.05, 3.63) is 120 Å². The van der Waals surface area contributed by atoms with Crippen LogP contribution in [0.15, 0.2) is 106 Å². The summed E-state index contributed by atoms with van der Waals surface area (Å²) in [4.78, 5) is 39.1. The van der Waals surface area contributed by atoms with Gasteiger partial charge >= 0.3 is 5.97 Å². The normalized spacial score (nSPS) is 11.6. The Labute approximate surface area is 228 Å². The summed E-state index contributed by atoms with van der Waals surface area (Å²) < 4.78 is 5.06. The van der Waals surface area contributed by atoms with Crippen LogP contribution >= 0.6 is 11.8 Å². The maximum Gasteiger partial charge on any atom is 0.336 e. The van der Waals surface area contributed by atoms with E-state index in [-0.39, 0.29) is 17.0 Å². The monoisotopic (exact) mass is 537 g/mol. The molecule has 8 nitrogen and oxygen atoms in total. The quantitative estimate of drug-likeness (QED) is 0.192. The smallest absolute Gasteiger partial charge is 0.336 e. The van der Waals surface area contributed by atoms with Crippen molar-refractivity contribution >= 4 is 51.8 Å². The van der Waals surface area contributed by atoms with E-state index < -0.39 is 17.1 Å². The number of carbonyl (C=O) groups is 3. The minimum absolute atomic E-state index is 0.0570. The molecule has 0 aliphatic carbocycles. The lowest BCUT2D eigenvalue weighted by Crippen LogP contribution is -2.19. The second-order valence-electron chi connectivity index (χ2n) is 8.72. The molecule has 39 heavy (non-hydrogen) atoms. The molecule has 9 heteroatoms. The van der Waals surface area contributed by atoms with Crippen molar-refractivity contribution < 1.29 is 24.0 Å². The van der Waals surface area contributed by atoms with Gasteiger partial charge in [-0.25, -0.2) is 4.79 Å². The lowest BCUT2D eigenvalue weighted by molar-refractivity contribution is -0.115. The van der Waals surface area contributed by atoms with Crippen LogP contribution in [0.4, 0.5) is 11.5 Å². The molecule has 5 aromatic rings. The lowest BCUT2D eigenvalue weighted by Gasteiger charge is -2.17. The predicted molar refractivity (Wildman–Crippen MR) is 150 cm³/mol. The van der Waals surface area contributed by atoms with Gasteiger partial charge in [0, 0.05) is 27.6 Å². The molecule has 2 amide bonds. The average Bonchev–Trinajstić information content (AvgIpc) is 3.35. The van der Waals surface area contributed by atoms with Gasteiger partial charge in [0.25, 0.3) is 5.91 Å². The Kier molecular flexibility index (Phi) is 7.42.